The van der Waals surface area contributed by atoms with Gasteiger partial charge in [0.25, 0.3) is 5.91 Å². The molecule has 1 aliphatic carbocycles. The Kier molecular flexibility index (Phi) is 6.91. The van der Waals surface area contributed by atoms with Crippen molar-refractivity contribution in [2.45, 2.75) is 44.6 Å². The molecule has 1 amide bonds. The van der Waals surface area contributed by atoms with E-state index in [-0.39, 0.29) is 29.4 Å². The van der Waals surface area contributed by atoms with Crippen LogP contribution in [0.15, 0.2) is 18.2 Å². The summed E-state index contributed by atoms with van der Waals surface area (Å²) in [6, 6.07) is 4.57. The average Bonchev–Trinajstić information content (AvgIpc) is 2.73. The summed E-state index contributed by atoms with van der Waals surface area (Å²) < 4.78 is 10.6. The Balaban J connectivity index is 1.51. The van der Waals surface area contributed by atoms with Crippen LogP contribution in [0, 0.1) is 6.92 Å². The molecule has 7 nitrogen and oxygen atoms in total. The van der Waals surface area contributed by atoms with Crippen molar-refractivity contribution >= 4 is 11.9 Å². The number of hydrogen-bond donors (Lipinski definition) is 2. The molecule has 28 heavy (non-hydrogen) atoms. The first-order valence-corrected chi connectivity index (χ1v) is 10.1. The Bertz CT molecular complexity index is 694. The normalized spacial score (nSPS) is 19.8. The predicted octanol–water partition coefficient (Wildman–Crippen LogP) is 2.01. The van der Waals surface area contributed by atoms with Crippen LogP contribution in [0.2, 0.25) is 0 Å². The quantitative estimate of drug-likeness (QED) is 0.723. The molecule has 1 saturated heterocycles. The van der Waals surface area contributed by atoms with Crippen LogP contribution in [0.3, 0.4) is 0 Å². The molecule has 2 aliphatic rings. The van der Waals surface area contributed by atoms with Crippen LogP contribution in [0.5, 0.6) is 5.75 Å². The molecule has 7 heteroatoms. The van der Waals surface area contributed by atoms with Gasteiger partial charge < -0.3 is 19.9 Å². The minimum absolute atomic E-state index is 0.0234. The lowest BCUT2D eigenvalue weighted by Gasteiger charge is -2.48. The van der Waals surface area contributed by atoms with Crippen molar-refractivity contribution in [1.82, 2.24) is 10.2 Å². The van der Waals surface area contributed by atoms with Crippen molar-refractivity contribution in [1.29, 1.82) is 0 Å². The summed E-state index contributed by atoms with van der Waals surface area (Å²) in [5, 5.41) is 12.7. The number of ether oxygens (including phenoxy) is 2. The van der Waals surface area contributed by atoms with E-state index in [0.29, 0.717) is 12.1 Å². The number of nitrogens with zero attached hydrogens (tertiary/aromatic N) is 1. The van der Waals surface area contributed by atoms with E-state index in [4.69, 9.17) is 9.47 Å². The highest BCUT2D eigenvalue weighted by atomic mass is 16.5. The van der Waals surface area contributed by atoms with Crippen molar-refractivity contribution in [3.63, 3.8) is 0 Å². The smallest absolute Gasteiger partial charge is 0.338 e. The standard InChI is InChI=1S/C21H30N2O5/c1-16-5-6-17(13-18(16)24)20(26)28-14-19(25)22-15-21(7-3-2-4-8-21)23-9-11-27-12-10-23/h5-6,13,24H,2-4,7-12,14-15H2,1H3,(H,22,25). The maximum absolute atomic E-state index is 12.3. The number of phenolic OH excluding ortho intramolecular Hbond substituents is 1. The van der Waals surface area contributed by atoms with Crippen LogP contribution in [0.1, 0.15) is 48.0 Å². The number of aromatic hydroxyl groups is 1. The number of benzene rings is 1. The summed E-state index contributed by atoms with van der Waals surface area (Å²) in [6.07, 6.45) is 5.70. The van der Waals surface area contributed by atoms with Gasteiger partial charge in [0, 0.05) is 25.2 Å². The Morgan fingerprint density at radius 2 is 1.93 bits per heavy atom. The van der Waals surface area contributed by atoms with E-state index in [2.05, 4.69) is 10.2 Å². The summed E-state index contributed by atoms with van der Waals surface area (Å²) in [7, 11) is 0. The number of carbonyl (C=O) groups is 2. The van der Waals surface area contributed by atoms with E-state index in [1.807, 2.05) is 0 Å². The third kappa shape index (κ3) is 5.02. The van der Waals surface area contributed by atoms with Gasteiger partial charge in [0.1, 0.15) is 5.75 Å². The molecule has 1 heterocycles. The van der Waals surface area contributed by atoms with Gasteiger partial charge in [0.2, 0.25) is 0 Å². The van der Waals surface area contributed by atoms with Crippen molar-refractivity contribution < 1.29 is 24.2 Å². The average molecular weight is 390 g/mol. The Labute approximate surface area is 166 Å². The molecule has 1 aromatic carbocycles. The van der Waals surface area contributed by atoms with Crippen LogP contribution < -0.4 is 5.32 Å². The molecule has 154 valence electrons. The SMILES string of the molecule is Cc1ccc(C(=O)OCC(=O)NCC2(N3CCOCC3)CCCCC2)cc1O. The molecule has 1 aromatic rings. The summed E-state index contributed by atoms with van der Waals surface area (Å²) in [6.45, 7) is 5.23. The van der Waals surface area contributed by atoms with Crippen molar-refractivity contribution in [2.24, 2.45) is 0 Å². The molecule has 0 aromatic heterocycles. The lowest BCUT2D eigenvalue weighted by molar-refractivity contribution is -0.125. The summed E-state index contributed by atoms with van der Waals surface area (Å²) in [4.78, 5) is 26.8. The highest BCUT2D eigenvalue weighted by Gasteiger charge is 2.38. The fraction of sp³-hybridized carbons (Fsp3) is 0.619. The molecule has 0 spiro atoms. The zero-order valence-corrected chi connectivity index (χ0v) is 16.5. The zero-order valence-electron chi connectivity index (χ0n) is 16.5. The lowest BCUT2D eigenvalue weighted by Crippen LogP contribution is -2.59. The summed E-state index contributed by atoms with van der Waals surface area (Å²) in [5.74, 6) is -0.891. The van der Waals surface area contributed by atoms with E-state index < -0.39 is 5.97 Å². The van der Waals surface area contributed by atoms with Gasteiger partial charge in [-0.05, 0) is 37.5 Å². The lowest BCUT2D eigenvalue weighted by atomic mass is 9.79. The van der Waals surface area contributed by atoms with Gasteiger partial charge in [0.15, 0.2) is 6.61 Å². The highest BCUT2D eigenvalue weighted by Crippen LogP contribution is 2.33. The topological polar surface area (TPSA) is 88.1 Å². The number of carbonyl (C=O) groups excluding carboxylic acids is 2. The molecule has 1 saturated carbocycles. The number of morpholine rings is 1. The molecule has 0 unspecified atom stereocenters. The third-order valence-electron chi connectivity index (χ3n) is 5.86. The first-order valence-electron chi connectivity index (χ1n) is 10.1. The third-order valence-corrected chi connectivity index (χ3v) is 5.86. The van der Waals surface area contributed by atoms with Crippen LogP contribution in [-0.2, 0) is 14.3 Å². The molecule has 0 bridgehead atoms. The number of aryl methyl sites for hydroxylation is 1. The Morgan fingerprint density at radius 1 is 1.21 bits per heavy atom. The second-order valence-electron chi connectivity index (χ2n) is 7.74. The van der Waals surface area contributed by atoms with Crippen LogP contribution in [0.25, 0.3) is 0 Å². The minimum atomic E-state index is -0.619. The van der Waals surface area contributed by atoms with E-state index in [1.165, 1.54) is 25.3 Å². The van der Waals surface area contributed by atoms with E-state index >= 15 is 0 Å². The molecule has 1 aliphatic heterocycles. The van der Waals surface area contributed by atoms with Gasteiger partial charge in [-0.2, -0.15) is 0 Å². The number of amides is 1. The fourth-order valence-corrected chi connectivity index (χ4v) is 4.12. The number of phenols is 1. The Hall–Kier alpha value is -2.12. The Morgan fingerprint density at radius 3 is 2.61 bits per heavy atom. The maximum Gasteiger partial charge on any atom is 0.338 e. The molecule has 2 fully saturated rings. The highest BCUT2D eigenvalue weighted by molar-refractivity contribution is 5.91. The van der Waals surface area contributed by atoms with Gasteiger partial charge >= 0.3 is 5.97 Å². The van der Waals surface area contributed by atoms with Gasteiger partial charge in [0.05, 0.1) is 18.8 Å². The summed E-state index contributed by atoms with van der Waals surface area (Å²) >= 11 is 0. The zero-order chi connectivity index (χ0) is 20.0. The summed E-state index contributed by atoms with van der Waals surface area (Å²) in [5.41, 5.74) is 0.882. The van der Waals surface area contributed by atoms with Crippen molar-refractivity contribution in [2.75, 3.05) is 39.5 Å². The van der Waals surface area contributed by atoms with Crippen LogP contribution in [0.4, 0.5) is 0 Å². The molecular formula is C21H30N2O5. The van der Waals surface area contributed by atoms with Crippen LogP contribution in [-0.4, -0.2) is 66.9 Å². The van der Waals surface area contributed by atoms with Gasteiger partial charge in [-0.15, -0.1) is 0 Å². The number of nitrogens with one attached hydrogen (secondary N) is 1. The molecule has 0 atom stereocenters. The molecular weight excluding hydrogens is 360 g/mol. The van der Waals surface area contributed by atoms with Crippen molar-refractivity contribution in [3.05, 3.63) is 29.3 Å². The largest absolute Gasteiger partial charge is 0.508 e. The van der Waals surface area contributed by atoms with Gasteiger partial charge in [-0.25, -0.2) is 4.79 Å². The van der Waals surface area contributed by atoms with E-state index in [9.17, 15) is 14.7 Å². The molecule has 0 radical (unpaired) electrons. The second kappa shape index (κ2) is 9.39. The maximum atomic E-state index is 12.3. The molecule has 3 rings (SSSR count). The van der Waals surface area contributed by atoms with E-state index in [1.54, 1.807) is 19.1 Å². The first kappa shape index (κ1) is 20.6. The van der Waals surface area contributed by atoms with E-state index in [0.717, 1.165) is 39.1 Å². The first-order chi connectivity index (χ1) is 13.5. The molecule has 2 N–H and O–H groups in total. The minimum Gasteiger partial charge on any atom is -0.508 e. The number of hydrogen-bond acceptors (Lipinski definition) is 6. The fourth-order valence-electron chi connectivity index (χ4n) is 4.12. The van der Waals surface area contributed by atoms with Gasteiger partial charge in [-0.1, -0.05) is 25.3 Å². The van der Waals surface area contributed by atoms with Crippen LogP contribution >= 0.6 is 0 Å². The number of rotatable bonds is 6. The monoisotopic (exact) mass is 390 g/mol. The predicted molar refractivity (Wildman–Crippen MR) is 104 cm³/mol. The van der Waals surface area contributed by atoms with Crippen molar-refractivity contribution in [3.8, 4) is 5.75 Å². The van der Waals surface area contributed by atoms with Gasteiger partial charge in [-0.3, -0.25) is 9.69 Å². The number of esters is 1. The second-order valence-corrected chi connectivity index (χ2v) is 7.74.